The highest BCUT2D eigenvalue weighted by molar-refractivity contribution is 5.96. The van der Waals surface area contributed by atoms with Crippen LogP contribution in [-0.4, -0.2) is 25.6 Å². The van der Waals surface area contributed by atoms with Crippen molar-refractivity contribution in [1.29, 1.82) is 0 Å². The van der Waals surface area contributed by atoms with E-state index in [1.807, 2.05) is 36.4 Å². The maximum atomic E-state index is 12.6. The lowest BCUT2D eigenvalue weighted by Crippen LogP contribution is -2.34. The molecule has 0 fully saturated rings. The van der Waals surface area contributed by atoms with Gasteiger partial charge in [-0.1, -0.05) is 42.5 Å². The molecule has 4 rings (SSSR count). The first-order valence-corrected chi connectivity index (χ1v) is 9.71. The number of amides is 1. The molecule has 1 N–H and O–H groups in total. The van der Waals surface area contributed by atoms with E-state index >= 15 is 0 Å². The quantitative estimate of drug-likeness (QED) is 0.642. The number of hydrogen-bond donors (Lipinski definition) is 1. The first-order chi connectivity index (χ1) is 14.2. The van der Waals surface area contributed by atoms with Gasteiger partial charge in [0.15, 0.2) is 6.61 Å². The number of benzene rings is 2. The summed E-state index contributed by atoms with van der Waals surface area (Å²) in [5.74, 6) is -0.930. The SMILES string of the molecule is COCc1c(C(=O)OCC(=O)N[C@H]2CCCc3ccccc32)oc2ccccc12. The Morgan fingerprint density at radius 2 is 1.93 bits per heavy atom. The molecule has 1 aliphatic rings. The van der Waals surface area contributed by atoms with Crippen molar-refractivity contribution in [2.75, 3.05) is 13.7 Å². The third kappa shape index (κ3) is 4.03. The number of nitrogens with one attached hydrogen (secondary N) is 1. The third-order valence-electron chi connectivity index (χ3n) is 5.21. The molecule has 1 heterocycles. The molecule has 0 radical (unpaired) electrons. The number of methoxy groups -OCH3 is 1. The molecular weight excluding hydrogens is 370 g/mol. The van der Waals surface area contributed by atoms with Crippen molar-refractivity contribution < 1.29 is 23.5 Å². The fourth-order valence-corrected chi connectivity index (χ4v) is 3.89. The van der Waals surface area contributed by atoms with E-state index in [2.05, 4.69) is 11.4 Å². The second-order valence-corrected chi connectivity index (χ2v) is 7.13. The second-order valence-electron chi connectivity index (χ2n) is 7.13. The minimum atomic E-state index is -0.674. The lowest BCUT2D eigenvalue weighted by atomic mass is 9.88. The minimum Gasteiger partial charge on any atom is -0.450 e. The average molecular weight is 393 g/mol. The van der Waals surface area contributed by atoms with Gasteiger partial charge in [-0.2, -0.15) is 0 Å². The van der Waals surface area contributed by atoms with Gasteiger partial charge in [0.05, 0.1) is 12.6 Å². The Labute approximate surface area is 168 Å². The maximum absolute atomic E-state index is 12.6. The molecule has 1 amide bonds. The molecule has 1 aliphatic carbocycles. The molecule has 2 aromatic carbocycles. The van der Waals surface area contributed by atoms with Crippen molar-refractivity contribution in [2.45, 2.75) is 31.9 Å². The topological polar surface area (TPSA) is 77.8 Å². The monoisotopic (exact) mass is 393 g/mol. The fourth-order valence-electron chi connectivity index (χ4n) is 3.89. The summed E-state index contributed by atoms with van der Waals surface area (Å²) >= 11 is 0. The molecular formula is C23H23NO5. The van der Waals surface area contributed by atoms with Crippen LogP contribution in [0, 0.1) is 0 Å². The van der Waals surface area contributed by atoms with Gasteiger partial charge in [0.2, 0.25) is 5.76 Å². The average Bonchev–Trinajstić information content (AvgIpc) is 3.11. The van der Waals surface area contributed by atoms with Crippen molar-refractivity contribution in [1.82, 2.24) is 5.32 Å². The molecule has 0 aliphatic heterocycles. The summed E-state index contributed by atoms with van der Waals surface area (Å²) in [6.45, 7) is -0.145. The van der Waals surface area contributed by atoms with E-state index in [1.165, 1.54) is 5.56 Å². The Balaban J connectivity index is 1.42. The second kappa shape index (κ2) is 8.49. The number of carbonyl (C=O) groups excluding carboxylic acids is 2. The van der Waals surface area contributed by atoms with Gasteiger partial charge in [-0.15, -0.1) is 0 Å². The first kappa shape index (κ1) is 19.2. The van der Waals surface area contributed by atoms with E-state index in [4.69, 9.17) is 13.9 Å². The van der Waals surface area contributed by atoms with E-state index in [9.17, 15) is 9.59 Å². The molecule has 6 heteroatoms. The van der Waals surface area contributed by atoms with Gasteiger partial charge >= 0.3 is 5.97 Å². The molecule has 0 unspecified atom stereocenters. The number of hydrogen-bond acceptors (Lipinski definition) is 5. The Bertz CT molecular complexity index is 1040. The van der Waals surface area contributed by atoms with Gasteiger partial charge in [0.1, 0.15) is 5.58 Å². The van der Waals surface area contributed by atoms with E-state index in [1.54, 1.807) is 13.2 Å². The molecule has 0 saturated carbocycles. The first-order valence-electron chi connectivity index (χ1n) is 9.71. The molecule has 0 bridgehead atoms. The van der Waals surface area contributed by atoms with Gasteiger partial charge in [0, 0.05) is 18.1 Å². The number of rotatable bonds is 6. The van der Waals surface area contributed by atoms with Crippen molar-refractivity contribution >= 4 is 22.8 Å². The zero-order valence-electron chi connectivity index (χ0n) is 16.3. The highest BCUT2D eigenvalue weighted by Crippen LogP contribution is 2.29. The standard InChI is InChI=1S/C23H23NO5/c1-27-13-18-17-10-4-5-12-20(17)29-22(18)23(26)28-14-21(25)24-19-11-6-8-15-7-2-3-9-16(15)19/h2-5,7,9-10,12,19H,6,8,11,13-14H2,1H3,(H,24,25)/t19-/m0/s1. The third-order valence-corrected chi connectivity index (χ3v) is 5.21. The Hall–Kier alpha value is -3.12. The summed E-state index contributed by atoms with van der Waals surface area (Å²) in [6.07, 6.45) is 2.91. The van der Waals surface area contributed by atoms with Crippen molar-refractivity contribution in [3.05, 3.63) is 71.0 Å². The molecule has 1 aromatic heterocycles. The minimum absolute atomic E-state index is 0.0543. The number of ether oxygens (including phenoxy) is 2. The van der Waals surface area contributed by atoms with Crippen LogP contribution in [0.5, 0.6) is 0 Å². The van der Waals surface area contributed by atoms with E-state index in [-0.39, 0.29) is 30.9 Å². The Kier molecular flexibility index (Phi) is 5.62. The normalized spacial score (nSPS) is 15.7. The number of furan rings is 1. The number of carbonyl (C=O) groups is 2. The zero-order chi connectivity index (χ0) is 20.2. The summed E-state index contributed by atoms with van der Waals surface area (Å²) in [4.78, 5) is 24.9. The summed E-state index contributed by atoms with van der Waals surface area (Å²) < 4.78 is 16.1. The molecule has 150 valence electrons. The lowest BCUT2D eigenvalue weighted by Gasteiger charge is -2.26. The van der Waals surface area contributed by atoms with Crippen LogP contribution in [0.15, 0.2) is 52.9 Å². The van der Waals surface area contributed by atoms with Crippen LogP contribution in [0.1, 0.15) is 46.1 Å². The molecule has 6 nitrogen and oxygen atoms in total. The summed E-state index contributed by atoms with van der Waals surface area (Å²) in [7, 11) is 1.55. The molecule has 29 heavy (non-hydrogen) atoms. The van der Waals surface area contributed by atoms with Crippen LogP contribution in [0.3, 0.4) is 0 Å². The summed E-state index contributed by atoms with van der Waals surface area (Å²) in [5, 5.41) is 3.77. The number of para-hydroxylation sites is 1. The zero-order valence-corrected chi connectivity index (χ0v) is 16.3. The van der Waals surface area contributed by atoms with E-state index < -0.39 is 5.97 Å². The van der Waals surface area contributed by atoms with Gasteiger partial charge in [-0.3, -0.25) is 4.79 Å². The Morgan fingerprint density at radius 3 is 2.79 bits per heavy atom. The fraction of sp³-hybridized carbons (Fsp3) is 0.304. The number of aryl methyl sites for hydroxylation is 1. The molecule has 0 saturated heterocycles. The predicted molar refractivity (Wildman–Crippen MR) is 107 cm³/mol. The van der Waals surface area contributed by atoms with Gasteiger partial charge in [-0.05, 0) is 36.5 Å². The van der Waals surface area contributed by atoms with E-state index in [0.717, 1.165) is 30.2 Å². The highest BCUT2D eigenvalue weighted by atomic mass is 16.5. The summed E-state index contributed by atoms with van der Waals surface area (Å²) in [5.41, 5.74) is 3.59. The van der Waals surface area contributed by atoms with Gasteiger partial charge < -0.3 is 19.2 Å². The number of fused-ring (bicyclic) bond motifs is 2. The predicted octanol–water partition coefficient (Wildman–Crippen LogP) is 3.93. The number of esters is 1. The van der Waals surface area contributed by atoms with Gasteiger partial charge in [0.25, 0.3) is 5.91 Å². The van der Waals surface area contributed by atoms with Crippen molar-refractivity contribution in [2.24, 2.45) is 0 Å². The smallest absolute Gasteiger partial charge is 0.375 e. The van der Waals surface area contributed by atoms with Gasteiger partial charge in [-0.25, -0.2) is 4.79 Å². The maximum Gasteiger partial charge on any atom is 0.375 e. The Morgan fingerprint density at radius 1 is 1.14 bits per heavy atom. The highest BCUT2D eigenvalue weighted by Gasteiger charge is 2.24. The van der Waals surface area contributed by atoms with Crippen LogP contribution >= 0.6 is 0 Å². The van der Waals surface area contributed by atoms with Crippen LogP contribution in [0.2, 0.25) is 0 Å². The largest absolute Gasteiger partial charge is 0.450 e. The van der Waals surface area contributed by atoms with E-state index in [0.29, 0.717) is 11.1 Å². The lowest BCUT2D eigenvalue weighted by molar-refractivity contribution is -0.125. The summed E-state index contributed by atoms with van der Waals surface area (Å²) in [6, 6.07) is 15.4. The molecule has 3 aromatic rings. The van der Waals surface area contributed by atoms with Crippen LogP contribution < -0.4 is 5.32 Å². The van der Waals surface area contributed by atoms with Crippen LogP contribution in [-0.2, 0) is 27.3 Å². The van der Waals surface area contributed by atoms with Crippen LogP contribution in [0.4, 0.5) is 0 Å². The molecule has 0 spiro atoms. The van der Waals surface area contributed by atoms with Crippen molar-refractivity contribution in [3.63, 3.8) is 0 Å². The van der Waals surface area contributed by atoms with Crippen molar-refractivity contribution in [3.8, 4) is 0 Å². The molecule has 1 atom stereocenters. The van der Waals surface area contributed by atoms with Crippen LogP contribution in [0.25, 0.3) is 11.0 Å².